The molecule has 34 heavy (non-hydrogen) atoms. The molecule has 0 atom stereocenters. The molecular formula is C31H45N3. The fourth-order valence-electron chi connectivity index (χ4n) is 5.46. The van der Waals surface area contributed by atoms with Crippen LogP contribution in [0.5, 0.6) is 0 Å². The first-order chi connectivity index (χ1) is 16.7. The number of nitriles is 1. The van der Waals surface area contributed by atoms with Gasteiger partial charge in [-0.3, -0.25) is 0 Å². The van der Waals surface area contributed by atoms with Crippen LogP contribution in [0.3, 0.4) is 0 Å². The second kappa shape index (κ2) is 14.2. The van der Waals surface area contributed by atoms with Crippen LogP contribution >= 0.6 is 0 Å². The maximum Gasteiger partial charge on any atom is 0.159 e. The number of benzene rings is 1. The lowest BCUT2D eigenvalue weighted by Crippen LogP contribution is -2.25. The van der Waals surface area contributed by atoms with Gasteiger partial charge in [0.25, 0.3) is 0 Å². The number of nitrogens with zero attached hydrogens (tertiary/aromatic N) is 3. The van der Waals surface area contributed by atoms with Crippen molar-refractivity contribution in [2.24, 2.45) is 5.41 Å². The Balaban J connectivity index is 1.46. The normalized spacial score (nSPS) is 20.2. The molecule has 1 aliphatic rings. The molecule has 3 rings (SSSR count). The van der Waals surface area contributed by atoms with Crippen molar-refractivity contribution < 1.29 is 0 Å². The zero-order valence-corrected chi connectivity index (χ0v) is 21.7. The summed E-state index contributed by atoms with van der Waals surface area (Å²) in [4.78, 5) is 9.22. The van der Waals surface area contributed by atoms with E-state index in [-0.39, 0.29) is 5.41 Å². The van der Waals surface area contributed by atoms with Crippen molar-refractivity contribution in [2.75, 3.05) is 0 Å². The van der Waals surface area contributed by atoms with Gasteiger partial charge < -0.3 is 0 Å². The average Bonchev–Trinajstić information content (AvgIpc) is 2.89. The molecular weight excluding hydrogens is 414 g/mol. The van der Waals surface area contributed by atoms with Crippen LogP contribution in [0.2, 0.25) is 0 Å². The first-order valence-corrected chi connectivity index (χ1v) is 14.0. The van der Waals surface area contributed by atoms with E-state index in [4.69, 9.17) is 0 Å². The quantitative estimate of drug-likeness (QED) is 0.264. The molecule has 184 valence electrons. The Morgan fingerprint density at radius 1 is 0.824 bits per heavy atom. The third-order valence-electron chi connectivity index (χ3n) is 7.85. The summed E-state index contributed by atoms with van der Waals surface area (Å²) in [5.74, 6) is 1.39. The molecule has 0 N–H and O–H groups in total. The van der Waals surface area contributed by atoms with Crippen molar-refractivity contribution in [1.82, 2.24) is 9.97 Å². The highest BCUT2D eigenvalue weighted by molar-refractivity contribution is 5.55. The molecule has 0 unspecified atom stereocenters. The van der Waals surface area contributed by atoms with Gasteiger partial charge in [0.2, 0.25) is 0 Å². The number of rotatable bonds is 14. The van der Waals surface area contributed by atoms with Crippen molar-refractivity contribution >= 4 is 0 Å². The molecule has 0 spiro atoms. The van der Waals surface area contributed by atoms with Crippen molar-refractivity contribution in [2.45, 2.75) is 122 Å². The molecule has 1 aromatic heterocycles. The van der Waals surface area contributed by atoms with Crippen LogP contribution in [0, 0.1) is 16.7 Å². The Morgan fingerprint density at radius 3 is 2.03 bits per heavy atom. The third-order valence-corrected chi connectivity index (χ3v) is 7.85. The monoisotopic (exact) mass is 459 g/mol. The minimum atomic E-state index is -0.0768. The van der Waals surface area contributed by atoms with Crippen molar-refractivity contribution in [3.05, 3.63) is 47.8 Å². The minimum absolute atomic E-state index is 0.0768. The number of unbranched alkanes of at least 4 members (excludes halogenated alkanes) is 8. The van der Waals surface area contributed by atoms with Gasteiger partial charge in [-0.25, -0.2) is 9.97 Å². The number of hydrogen-bond donors (Lipinski definition) is 0. The zero-order valence-electron chi connectivity index (χ0n) is 21.7. The SMILES string of the molecule is CCCCCCCCCC1(C#N)CCC(c2ccc(-c3ncc(CCCCC)cn3)cc2)CC1. The summed E-state index contributed by atoms with van der Waals surface area (Å²) in [6.07, 6.45) is 23.5. The molecule has 1 fully saturated rings. The van der Waals surface area contributed by atoms with Crippen LogP contribution in [0.25, 0.3) is 11.4 Å². The summed E-state index contributed by atoms with van der Waals surface area (Å²) >= 11 is 0. The van der Waals surface area contributed by atoms with E-state index in [0.29, 0.717) is 5.92 Å². The standard InChI is InChI=1S/C31H45N3/c1-3-5-7-8-9-10-12-20-31(25-32)21-18-28(19-22-31)27-14-16-29(17-15-27)30-33-23-26(24-34-30)13-11-6-4-2/h14-17,23-24,28H,3-13,18-22H2,1-2H3. The summed E-state index contributed by atoms with van der Waals surface area (Å²) in [5, 5.41) is 9.95. The molecule has 3 heteroatoms. The molecule has 0 radical (unpaired) electrons. The summed E-state index contributed by atoms with van der Waals surface area (Å²) in [7, 11) is 0. The Labute approximate surface area is 208 Å². The van der Waals surface area contributed by atoms with Gasteiger partial charge in [-0.15, -0.1) is 0 Å². The van der Waals surface area contributed by atoms with E-state index in [1.165, 1.54) is 75.3 Å². The van der Waals surface area contributed by atoms with Crippen molar-refractivity contribution in [3.63, 3.8) is 0 Å². The summed E-state index contributed by atoms with van der Waals surface area (Å²) < 4.78 is 0. The van der Waals surface area contributed by atoms with E-state index in [2.05, 4.69) is 54.2 Å². The highest BCUT2D eigenvalue weighted by Gasteiger charge is 2.35. The second-order valence-corrected chi connectivity index (χ2v) is 10.5. The zero-order chi connectivity index (χ0) is 24.1. The Hall–Kier alpha value is -2.21. The minimum Gasteiger partial charge on any atom is -0.236 e. The fraction of sp³-hybridized carbons (Fsp3) is 0.645. The predicted octanol–water partition coefficient (Wildman–Crippen LogP) is 9.18. The largest absolute Gasteiger partial charge is 0.236 e. The third kappa shape index (κ3) is 7.93. The molecule has 1 aromatic carbocycles. The lowest BCUT2D eigenvalue weighted by molar-refractivity contribution is 0.223. The summed E-state index contributed by atoms with van der Waals surface area (Å²) in [6, 6.07) is 11.6. The molecule has 2 aromatic rings. The lowest BCUT2D eigenvalue weighted by Gasteiger charge is -2.35. The number of aromatic nitrogens is 2. The van der Waals surface area contributed by atoms with E-state index < -0.39 is 0 Å². The fourth-order valence-corrected chi connectivity index (χ4v) is 5.46. The molecule has 0 amide bonds. The van der Waals surface area contributed by atoms with E-state index in [1.54, 1.807) is 0 Å². The topological polar surface area (TPSA) is 49.6 Å². The first kappa shape index (κ1) is 26.4. The second-order valence-electron chi connectivity index (χ2n) is 10.5. The van der Waals surface area contributed by atoms with Crippen molar-refractivity contribution in [1.29, 1.82) is 5.26 Å². The molecule has 1 heterocycles. The van der Waals surface area contributed by atoms with Crippen LogP contribution in [0.4, 0.5) is 0 Å². The van der Waals surface area contributed by atoms with Crippen LogP contribution in [-0.4, -0.2) is 9.97 Å². The molecule has 0 saturated heterocycles. The van der Waals surface area contributed by atoms with E-state index in [0.717, 1.165) is 49.9 Å². The molecule has 3 nitrogen and oxygen atoms in total. The Kier molecular flexibility index (Phi) is 11.1. The van der Waals surface area contributed by atoms with Gasteiger partial charge in [-0.2, -0.15) is 5.26 Å². The van der Waals surface area contributed by atoms with Crippen LogP contribution in [-0.2, 0) is 6.42 Å². The molecule has 0 aliphatic heterocycles. The number of hydrogen-bond acceptors (Lipinski definition) is 3. The Morgan fingerprint density at radius 2 is 1.41 bits per heavy atom. The van der Waals surface area contributed by atoms with Crippen LogP contribution < -0.4 is 0 Å². The summed E-state index contributed by atoms with van der Waals surface area (Å²) in [5.41, 5.74) is 3.65. The maximum atomic E-state index is 9.95. The average molecular weight is 460 g/mol. The highest BCUT2D eigenvalue weighted by atomic mass is 14.9. The molecule has 1 saturated carbocycles. The van der Waals surface area contributed by atoms with Crippen LogP contribution in [0.1, 0.15) is 127 Å². The first-order valence-electron chi connectivity index (χ1n) is 14.0. The number of aryl methyl sites for hydroxylation is 1. The van der Waals surface area contributed by atoms with Crippen LogP contribution in [0.15, 0.2) is 36.7 Å². The lowest BCUT2D eigenvalue weighted by atomic mass is 9.67. The Bertz CT molecular complexity index is 855. The molecule has 0 bridgehead atoms. The van der Waals surface area contributed by atoms with Gasteiger partial charge in [0, 0.05) is 18.0 Å². The van der Waals surface area contributed by atoms with Gasteiger partial charge >= 0.3 is 0 Å². The molecule has 1 aliphatic carbocycles. The summed E-state index contributed by atoms with van der Waals surface area (Å²) in [6.45, 7) is 4.50. The smallest absolute Gasteiger partial charge is 0.159 e. The van der Waals surface area contributed by atoms with E-state index in [1.807, 2.05) is 12.4 Å². The van der Waals surface area contributed by atoms with E-state index >= 15 is 0 Å². The van der Waals surface area contributed by atoms with E-state index in [9.17, 15) is 5.26 Å². The predicted molar refractivity (Wildman–Crippen MR) is 143 cm³/mol. The highest BCUT2D eigenvalue weighted by Crippen LogP contribution is 2.45. The van der Waals surface area contributed by atoms with Gasteiger partial charge in [-0.1, -0.05) is 95.9 Å². The van der Waals surface area contributed by atoms with Gasteiger partial charge in [-0.05, 0) is 62.0 Å². The van der Waals surface area contributed by atoms with Gasteiger partial charge in [0.15, 0.2) is 5.82 Å². The van der Waals surface area contributed by atoms with Crippen molar-refractivity contribution in [3.8, 4) is 17.5 Å². The van der Waals surface area contributed by atoms with Gasteiger partial charge in [0.1, 0.15) is 0 Å². The maximum absolute atomic E-state index is 9.95. The van der Waals surface area contributed by atoms with Gasteiger partial charge in [0.05, 0.1) is 11.5 Å².